The molecular formula is C23H24Cl3N5O2. The quantitative estimate of drug-likeness (QED) is 0.437. The number of rotatable bonds is 10. The number of hydrogen-bond acceptors (Lipinski definition) is 4. The first-order chi connectivity index (χ1) is 15.9. The molecule has 4 rings (SSSR count). The molecule has 10 heteroatoms. The summed E-state index contributed by atoms with van der Waals surface area (Å²) in [5, 5.41) is 12.4. The van der Waals surface area contributed by atoms with Crippen molar-refractivity contribution in [3.63, 3.8) is 0 Å². The summed E-state index contributed by atoms with van der Waals surface area (Å²) in [6.07, 6.45) is 2.81. The average molecular weight is 509 g/mol. The molecular weight excluding hydrogens is 485 g/mol. The molecule has 3 aromatic rings. The summed E-state index contributed by atoms with van der Waals surface area (Å²) in [6.45, 7) is 1.27. The van der Waals surface area contributed by atoms with Crippen LogP contribution in [-0.4, -0.2) is 39.4 Å². The number of halogens is 3. The Morgan fingerprint density at radius 1 is 1.03 bits per heavy atom. The molecule has 2 aromatic carbocycles. The van der Waals surface area contributed by atoms with Crippen molar-refractivity contribution in [2.75, 3.05) is 13.1 Å². The maximum absolute atomic E-state index is 13.0. The number of carbonyl (C=O) groups excluding carboxylic acids is 1. The van der Waals surface area contributed by atoms with Gasteiger partial charge in [0.15, 0.2) is 5.82 Å². The second kappa shape index (κ2) is 10.7. The lowest BCUT2D eigenvalue weighted by atomic mass is 10.1. The van der Waals surface area contributed by atoms with Gasteiger partial charge < -0.3 is 10.6 Å². The van der Waals surface area contributed by atoms with Gasteiger partial charge >= 0.3 is 5.69 Å². The van der Waals surface area contributed by atoms with Crippen LogP contribution in [0.1, 0.15) is 18.4 Å². The van der Waals surface area contributed by atoms with Gasteiger partial charge in [-0.05, 0) is 61.2 Å². The van der Waals surface area contributed by atoms with E-state index in [9.17, 15) is 9.59 Å². The van der Waals surface area contributed by atoms with Gasteiger partial charge in [0.25, 0.3) is 0 Å². The summed E-state index contributed by atoms with van der Waals surface area (Å²) in [7, 11) is 0. The monoisotopic (exact) mass is 507 g/mol. The molecule has 7 nitrogen and oxygen atoms in total. The van der Waals surface area contributed by atoms with E-state index in [0.717, 1.165) is 24.0 Å². The van der Waals surface area contributed by atoms with Crippen LogP contribution in [-0.2, 0) is 24.3 Å². The lowest BCUT2D eigenvalue weighted by molar-refractivity contribution is -0.121. The van der Waals surface area contributed by atoms with Gasteiger partial charge in [0.2, 0.25) is 5.91 Å². The number of carbonyl (C=O) groups is 1. The highest BCUT2D eigenvalue weighted by Crippen LogP contribution is 2.24. The summed E-state index contributed by atoms with van der Waals surface area (Å²) >= 11 is 18.4. The Labute approximate surface area is 206 Å². The van der Waals surface area contributed by atoms with E-state index < -0.39 is 0 Å². The number of amides is 1. The smallest absolute Gasteiger partial charge is 0.346 e. The first-order valence-electron chi connectivity index (χ1n) is 10.8. The van der Waals surface area contributed by atoms with Crippen molar-refractivity contribution in [2.45, 2.75) is 38.4 Å². The molecule has 0 saturated heterocycles. The van der Waals surface area contributed by atoms with E-state index in [1.165, 1.54) is 4.68 Å². The lowest BCUT2D eigenvalue weighted by Gasteiger charge is -2.08. The van der Waals surface area contributed by atoms with Crippen LogP contribution in [0.4, 0.5) is 0 Å². The highest BCUT2D eigenvalue weighted by Gasteiger charge is 2.21. The summed E-state index contributed by atoms with van der Waals surface area (Å²) in [6, 6.07) is 12.9. The zero-order chi connectivity index (χ0) is 23.4. The summed E-state index contributed by atoms with van der Waals surface area (Å²) in [5.74, 6) is 0.189. The molecule has 174 valence electrons. The van der Waals surface area contributed by atoms with Crippen LogP contribution < -0.4 is 16.3 Å². The van der Waals surface area contributed by atoms with E-state index in [0.29, 0.717) is 53.0 Å². The van der Waals surface area contributed by atoms with Crippen molar-refractivity contribution in [1.29, 1.82) is 0 Å². The van der Waals surface area contributed by atoms with Crippen LogP contribution in [0.5, 0.6) is 0 Å². The molecule has 0 radical (unpaired) electrons. The second-order valence-electron chi connectivity index (χ2n) is 7.95. The van der Waals surface area contributed by atoms with Gasteiger partial charge in [-0.3, -0.25) is 9.36 Å². The number of benzene rings is 2. The zero-order valence-electron chi connectivity index (χ0n) is 17.9. The molecule has 1 aliphatic rings. The van der Waals surface area contributed by atoms with Gasteiger partial charge in [0, 0.05) is 46.3 Å². The van der Waals surface area contributed by atoms with Crippen molar-refractivity contribution in [1.82, 2.24) is 25.0 Å². The first kappa shape index (κ1) is 23.8. The van der Waals surface area contributed by atoms with Crippen LogP contribution in [0, 0.1) is 0 Å². The van der Waals surface area contributed by atoms with Gasteiger partial charge in [-0.1, -0.05) is 40.9 Å². The zero-order valence-corrected chi connectivity index (χ0v) is 20.1. The number of nitrogens with one attached hydrogen (secondary N) is 2. The largest absolute Gasteiger partial charge is 0.354 e. The van der Waals surface area contributed by atoms with Crippen molar-refractivity contribution < 1.29 is 4.79 Å². The Balaban J connectivity index is 1.45. The fraction of sp³-hybridized carbons (Fsp3) is 0.348. The molecule has 0 unspecified atom stereocenters. The Morgan fingerprint density at radius 3 is 2.39 bits per heavy atom. The normalized spacial score (nSPS) is 13.3. The van der Waals surface area contributed by atoms with E-state index in [1.807, 2.05) is 12.1 Å². The molecule has 0 bridgehead atoms. The van der Waals surface area contributed by atoms with Gasteiger partial charge in [-0.25, -0.2) is 9.48 Å². The van der Waals surface area contributed by atoms with E-state index >= 15 is 0 Å². The standard InChI is InChI=1S/C23H24Cl3N5O2/c24-16-6-4-15(5-7-16)22-29-31(23(33)30(22)13-12-27-17-8-9-17)14-21(32)28-11-10-18-19(25)2-1-3-20(18)26/h1-7,17,27H,8-14H2,(H,28,32). The predicted octanol–water partition coefficient (Wildman–Crippen LogP) is 3.78. The third-order valence-electron chi connectivity index (χ3n) is 5.42. The molecule has 1 amide bonds. The van der Waals surface area contributed by atoms with Crippen molar-refractivity contribution in [3.05, 3.63) is 73.6 Å². The third kappa shape index (κ3) is 6.18. The Hall–Kier alpha value is -2.32. The van der Waals surface area contributed by atoms with Crippen LogP contribution in [0.25, 0.3) is 11.4 Å². The van der Waals surface area contributed by atoms with Crippen molar-refractivity contribution in [2.24, 2.45) is 0 Å². The van der Waals surface area contributed by atoms with Gasteiger partial charge in [-0.15, -0.1) is 5.10 Å². The molecule has 0 spiro atoms. The molecule has 0 aliphatic heterocycles. The fourth-order valence-corrected chi connectivity index (χ4v) is 4.23. The first-order valence-corrected chi connectivity index (χ1v) is 11.9. The van der Waals surface area contributed by atoms with Crippen LogP contribution in [0.15, 0.2) is 47.3 Å². The van der Waals surface area contributed by atoms with Crippen LogP contribution >= 0.6 is 34.8 Å². The van der Waals surface area contributed by atoms with Crippen molar-refractivity contribution >= 4 is 40.7 Å². The lowest BCUT2D eigenvalue weighted by Crippen LogP contribution is -2.35. The number of nitrogens with zero attached hydrogens (tertiary/aromatic N) is 3. The fourth-order valence-electron chi connectivity index (χ4n) is 3.52. The third-order valence-corrected chi connectivity index (χ3v) is 6.38. The highest BCUT2D eigenvalue weighted by molar-refractivity contribution is 6.36. The molecule has 0 atom stereocenters. The molecule has 1 fully saturated rings. The summed E-state index contributed by atoms with van der Waals surface area (Å²) in [4.78, 5) is 25.6. The molecule has 1 aromatic heterocycles. The molecule has 2 N–H and O–H groups in total. The molecule has 1 heterocycles. The SMILES string of the molecule is O=C(Cn1nc(-c2ccc(Cl)cc2)n(CCNC2CC2)c1=O)NCCc1c(Cl)cccc1Cl. The maximum atomic E-state index is 13.0. The van der Waals surface area contributed by atoms with Crippen molar-refractivity contribution in [3.8, 4) is 11.4 Å². The van der Waals surface area contributed by atoms with Crippen LogP contribution in [0.3, 0.4) is 0 Å². The average Bonchev–Trinajstić information content (AvgIpc) is 3.56. The Bertz CT molecular complexity index is 1170. The van der Waals surface area contributed by atoms with Gasteiger partial charge in [-0.2, -0.15) is 0 Å². The Morgan fingerprint density at radius 2 is 1.73 bits per heavy atom. The molecule has 1 saturated carbocycles. The Kier molecular flexibility index (Phi) is 7.75. The van der Waals surface area contributed by atoms with Gasteiger partial charge in [0.1, 0.15) is 6.54 Å². The predicted molar refractivity (Wildman–Crippen MR) is 131 cm³/mol. The van der Waals surface area contributed by atoms with E-state index in [2.05, 4.69) is 15.7 Å². The maximum Gasteiger partial charge on any atom is 0.346 e. The topological polar surface area (TPSA) is 81.0 Å². The van der Waals surface area contributed by atoms with Gasteiger partial charge in [0.05, 0.1) is 0 Å². The van der Waals surface area contributed by atoms with E-state index in [1.54, 1.807) is 34.9 Å². The van der Waals surface area contributed by atoms with E-state index in [4.69, 9.17) is 34.8 Å². The summed E-state index contributed by atoms with van der Waals surface area (Å²) in [5.41, 5.74) is 1.20. The minimum atomic E-state index is -0.332. The highest BCUT2D eigenvalue weighted by atomic mass is 35.5. The van der Waals surface area contributed by atoms with E-state index in [-0.39, 0.29) is 18.1 Å². The van der Waals surface area contributed by atoms with Crippen LogP contribution in [0.2, 0.25) is 15.1 Å². The second-order valence-corrected chi connectivity index (χ2v) is 9.20. The minimum Gasteiger partial charge on any atom is -0.354 e. The minimum absolute atomic E-state index is 0.182. The molecule has 33 heavy (non-hydrogen) atoms. The summed E-state index contributed by atoms with van der Waals surface area (Å²) < 4.78 is 2.79. The number of hydrogen-bond donors (Lipinski definition) is 2. The molecule has 1 aliphatic carbocycles. The number of aromatic nitrogens is 3.